The van der Waals surface area contributed by atoms with Gasteiger partial charge in [0.25, 0.3) is 5.91 Å². The second kappa shape index (κ2) is 6.87. The van der Waals surface area contributed by atoms with Crippen molar-refractivity contribution in [1.82, 2.24) is 4.98 Å². The van der Waals surface area contributed by atoms with Gasteiger partial charge < -0.3 is 9.80 Å². The van der Waals surface area contributed by atoms with Gasteiger partial charge in [0.05, 0.1) is 17.4 Å². The van der Waals surface area contributed by atoms with Crippen molar-refractivity contribution in [1.29, 1.82) is 0 Å². The average Bonchev–Trinajstić information content (AvgIpc) is 3.11. The number of rotatable bonds is 3. The van der Waals surface area contributed by atoms with Gasteiger partial charge >= 0.3 is 0 Å². The Kier molecular flexibility index (Phi) is 4.43. The van der Waals surface area contributed by atoms with Gasteiger partial charge in [-0.25, -0.2) is 0 Å². The molecule has 130 valence electrons. The van der Waals surface area contributed by atoms with Crippen molar-refractivity contribution in [3.63, 3.8) is 0 Å². The second-order valence-electron chi connectivity index (χ2n) is 7.02. The van der Waals surface area contributed by atoms with Crippen molar-refractivity contribution in [2.75, 3.05) is 22.9 Å². The molecular formula is C21H25N3O. The van der Waals surface area contributed by atoms with E-state index in [4.69, 9.17) is 0 Å². The van der Waals surface area contributed by atoms with Crippen molar-refractivity contribution >= 4 is 17.3 Å². The number of para-hydroxylation sites is 1. The third kappa shape index (κ3) is 3.01. The van der Waals surface area contributed by atoms with E-state index in [-0.39, 0.29) is 5.91 Å². The molecule has 0 spiro atoms. The van der Waals surface area contributed by atoms with Gasteiger partial charge in [-0.1, -0.05) is 25.1 Å². The molecule has 1 saturated heterocycles. The molecule has 2 aliphatic heterocycles. The monoisotopic (exact) mass is 335 g/mol. The first-order chi connectivity index (χ1) is 12.3. The van der Waals surface area contributed by atoms with Crippen LogP contribution in [0.2, 0.25) is 0 Å². The maximum Gasteiger partial charge on any atom is 0.259 e. The van der Waals surface area contributed by atoms with E-state index in [0.29, 0.717) is 11.6 Å². The highest BCUT2D eigenvalue weighted by molar-refractivity contribution is 6.07. The third-order valence-corrected chi connectivity index (χ3v) is 5.53. The van der Waals surface area contributed by atoms with Gasteiger partial charge in [0.2, 0.25) is 0 Å². The standard InChI is InChI=1S/C21H25N3O/c1-2-18-8-5-6-11-23(18)19-13-17(14-22-15-19)21(25)24-12-10-16-7-3-4-9-20(16)24/h3-4,7,9,13-15,18H,2,5-6,8,10-12H2,1H3. The number of hydrogen-bond donors (Lipinski definition) is 0. The molecule has 0 N–H and O–H groups in total. The Hall–Kier alpha value is -2.36. The first kappa shape index (κ1) is 16.1. The molecule has 0 saturated carbocycles. The molecule has 1 unspecified atom stereocenters. The number of carbonyl (C=O) groups excluding carboxylic acids is 1. The first-order valence-electron chi connectivity index (χ1n) is 9.39. The molecule has 25 heavy (non-hydrogen) atoms. The molecule has 1 fully saturated rings. The maximum absolute atomic E-state index is 13.1. The predicted molar refractivity (Wildman–Crippen MR) is 101 cm³/mol. The van der Waals surface area contributed by atoms with E-state index in [1.807, 2.05) is 35.4 Å². The molecule has 1 amide bonds. The summed E-state index contributed by atoms with van der Waals surface area (Å²) in [7, 11) is 0. The molecule has 3 heterocycles. The molecule has 4 nitrogen and oxygen atoms in total. The van der Waals surface area contributed by atoms with Gasteiger partial charge in [-0.2, -0.15) is 0 Å². The van der Waals surface area contributed by atoms with Gasteiger partial charge in [0.15, 0.2) is 0 Å². The molecule has 0 bridgehead atoms. The number of fused-ring (bicyclic) bond motifs is 1. The molecule has 0 aliphatic carbocycles. The van der Waals surface area contributed by atoms with Gasteiger partial charge in [-0.3, -0.25) is 9.78 Å². The molecular weight excluding hydrogens is 310 g/mol. The average molecular weight is 335 g/mol. The topological polar surface area (TPSA) is 36.4 Å². The zero-order valence-corrected chi connectivity index (χ0v) is 14.8. The number of aromatic nitrogens is 1. The maximum atomic E-state index is 13.1. The number of pyridine rings is 1. The highest BCUT2D eigenvalue weighted by Crippen LogP contribution is 2.30. The van der Waals surface area contributed by atoms with Gasteiger partial charge in [0, 0.05) is 31.0 Å². The summed E-state index contributed by atoms with van der Waals surface area (Å²) < 4.78 is 0. The largest absolute Gasteiger partial charge is 0.367 e. The zero-order chi connectivity index (χ0) is 17.2. The highest BCUT2D eigenvalue weighted by Gasteiger charge is 2.27. The zero-order valence-electron chi connectivity index (χ0n) is 14.8. The molecule has 4 heteroatoms. The molecule has 1 aromatic carbocycles. The predicted octanol–water partition coefficient (Wildman–Crippen LogP) is 4.05. The lowest BCUT2D eigenvalue weighted by molar-refractivity contribution is 0.0989. The third-order valence-electron chi connectivity index (χ3n) is 5.53. The number of piperidine rings is 1. The SMILES string of the molecule is CCC1CCCCN1c1cncc(C(=O)N2CCc3ccccc32)c1. The normalized spacial score (nSPS) is 19.8. The molecule has 4 rings (SSSR count). The van der Waals surface area contributed by atoms with Crippen LogP contribution >= 0.6 is 0 Å². The fourth-order valence-electron chi connectivity index (χ4n) is 4.17. The van der Waals surface area contributed by atoms with Crippen LogP contribution in [0.15, 0.2) is 42.7 Å². The number of carbonyl (C=O) groups is 1. The molecule has 2 aromatic rings. The molecule has 1 atom stereocenters. The van der Waals surface area contributed by atoms with E-state index in [1.165, 1.54) is 24.8 Å². The highest BCUT2D eigenvalue weighted by atomic mass is 16.2. The lowest BCUT2D eigenvalue weighted by Crippen LogP contribution is -2.39. The van der Waals surface area contributed by atoms with Crippen molar-refractivity contribution in [3.8, 4) is 0 Å². The molecule has 2 aliphatic rings. The summed E-state index contributed by atoms with van der Waals surface area (Å²) in [4.78, 5) is 21.8. The summed E-state index contributed by atoms with van der Waals surface area (Å²) in [6, 6.07) is 10.8. The van der Waals surface area contributed by atoms with Crippen LogP contribution in [0.25, 0.3) is 0 Å². The van der Waals surface area contributed by atoms with Crippen LogP contribution in [-0.2, 0) is 6.42 Å². The van der Waals surface area contributed by atoms with Crippen LogP contribution in [0, 0.1) is 0 Å². The first-order valence-corrected chi connectivity index (χ1v) is 9.39. The van der Waals surface area contributed by atoms with Crippen molar-refractivity contribution in [2.24, 2.45) is 0 Å². The number of hydrogen-bond acceptors (Lipinski definition) is 3. The van der Waals surface area contributed by atoms with Crippen molar-refractivity contribution < 1.29 is 4.79 Å². The van der Waals surface area contributed by atoms with Crippen LogP contribution in [0.4, 0.5) is 11.4 Å². The number of anilines is 2. The van der Waals surface area contributed by atoms with E-state index in [9.17, 15) is 4.79 Å². The Morgan fingerprint density at radius 1 is 1.20 bits per heavy atom. The summed E-state index contributed by atoms with van der Waals surface area (Å²) >= 11 is 0. The summed E-state index contributed by atoms with van der Waals surface area (Å²) in [5, 5.41) is 0. The Bertz CT molecular complexity index is 773. The van der Waals surface area contributed by atoms with Gasteiger partial charge in [-0.05, 0) is 49.8 Å². The van der Waals surface area contributed by atoms with Crippen LogP contribution in [0.3, 0.4) is 0 Å². The van der Waals surface area contributed by atoms with E-state index in [1.54, 1.807) is 6.20 Å². The summed E-state index contributed by atoms with van der Waals surface area (Å²) in [5.74, 6) is 0.0596. The minimum Gasteiger partial charge on any atom is -0.367 e. The summed E-state index contributed by atoms with van der Waals surface area (Å²) in [5.41, 5.74) is 4.07. The molecule has 0 radical (unpaired) electrons. The van der Waals surface area contributed by atoms with E-state index in [2.05, 4.69) is 22.9 Å². The van der Waals surface area contributed by atoms with Crippen LogP contribution in [-0.4, -0.2) is 30.0 Å². The van der Waals surface area contributed by atoms with Crippen molar-refractivity contribution in [3.05, 3.63) is 53.9 Å². The Morgan fingerprint density at radius 3 is 2.96 bits per heavy atom. The second-order valence-corrected chi connectivity index (χ2v) is 7.02. The number of benzene rings is 1. The van der Waals surface area contributed by atoms with Crippen molar-refractivity contribution in [2.45, 2.75) is 45.1 Å². The Labute approximate surface area is 149 Å². The van der Waals surface area contributed by atoms with Crippen LogP contribution in [0.1, 0.15) is 48.5 Å². The van der Waals surface area contributed by atoms with E-state index in [0.717, 1.165) is 37.3 Å². The quantitative estimate of drug-likeness (QED) is 0.849. The lowest BCUT2D eigenvalue weighted by atomic mass is 9.99. The van der Waals surface area contributed by atoms with Gasteiger partial charge in [0.1, 0.15) is 0 Å². The summed E-state index contributed by atoms with van der Waals surface area (Å²) in [6.45, 7) is 4.06. The lowest BCUT2D eigenvalue weighted by Gasteiger charge is -2.37. The van der Waals surface area contributed by atoms with Crippen LogP contribution in [0.5, 0.6) is 0 Å². The Morgan fingerprint density at radius 2 is 2.08 bits per heavy atom. The van der Waals surface area contributed by atoms with E-state index >= 15 is 0 Å². The van der Waals surface area contributed by atoms with Gasteiger partial charge in [-0.15, -0.1) is 0 Å². The molecule has 1 aromatic heterocycles. The minimum atomic E-state index is 0.0596. The number of amides is 1. The fourth-order valence-corrected chi connectivity index (χ4v) is 4.17. The minimum absolute atomic E-state index is 0.0596. The van der Waals surface area contributed by atoms with E-state index < -0.39 is 0 Å². The smallest absolute Gasteiger partial charge is 0.259 e. The van der Waals surface area contributed by atoms with Crippen LogP contribution < -0.4 is 9.80 Å². The fraction of sp³-hybridized carbons (Fsp3) is 0.429. The number of nitrogens with zero attached hydrogens (tertiary/aromatic N) is 3. The summed E-state index contributed by atoms with van der Waals surface area (Å²) in [6.07, 6.45) is 9.42. The Balaban J connectivity index is 1.60.